The van der Waals surface area contributed by atoms with Gasteiger partial charge in [0.05, 0.1) is 13.2 Å². The summed E-state index contributed by atoms with van der Waals surface area (Å²) in [4.78, 5) is 35.8. The molecule has 20 heavy (non-hydrogen) atoms. The van der Waals surface area contributed by atoms with E-state index in [-0.39, 0.29) is 18.8 Å². The maximum absolute atomic E-state index is 12.1. The molecule has 1 aliphatic rings. The highest BCUT2D eigenvalue weighted by atomic mass is 16.6. The monoisotopic (exact) mass is 284 g/mol. The van der Waals surface area contributed by atoms with Gasteiger partial charge in [0.2, 0.25) is 0 Å². The molecule has 0 saturated carbocycles. The molecule has 0 aromatic rings. The third-order valence-corrected chi connectivity index (χ3v) is 3.04. The van der Waals surface area contributed by atoms with Crippen LogP contribution < -0.4 is 0 Å². The van der Waals surface area contributed by atoms with Crippen molar-refractivity contribution in [3.63, 3.8) is 0 Å². The number of hydrogen-bond donors (Lipinski definition) is 0. The zero-order valence-corrected chi connectivity index (χ0v) is 12.4. The molecule has 6 heteroatoms. The van der Waals surface area contributed by atoms with Crippen molar-refractivity contribution >= 4 is 17.9 Å². The van der Waals surface area contributed by atoms with E-state index in [9.17, 15) is 14.4 Å². The van der Waals surface area contributed by atoms with Crippen LogP contribution in [-0.2, 0) is 28.6 Å². The molecule has 0 bridgehead atoms. The third kappa shape index (κ3) is 3.00. The highest BCUT2D eigenvalue weighted by Crippen LogP contribution is 2.38. The van der Waals surface area contributed by atoms with Crippen molar-refractivity contribution in [2.24, 2.45) is 5.92 Å². The fourth-order valence-electron chi connectivity index (χ4n) is 2.27. The van der Waals surface area contributed by atoms with Crippen LogP contribution >= 0.6 is 0 Å². The van der Waals surface area contributed by atoms with E-state index in [1.54, 1.807) is 27.7 Å². The van der Waals surface area contributed by atoms with Crippen molar-refractivity contribution in [1.82, 2.24) is 0 Å². The molecule has 0 aromatic heterocycles. The minimum atomic E-state index is -1.27. The lowest BCUT2D eigenvalue weighted by atomic mass is 9.85. The zero-order valence-electron chi connectivity index (χ0n) is 12.4. The van der Waals surface area contributed by atoms with E-state index in [2.05, 4.69) is 0 Å². The number of carbonyl (C=O) groups is 3. The van der Waals surface area contributed by atoms with Crippen LogP contribution in [0.4, 0.5) is 0 Å². The largest absolute Gasteiger partial charge is 0.465 e. The molecule has 0 N–H and O–H groups in total. The van der Waals surface area contributed by atoms with E-state index in [0.717, 1.165) is 0 Å². The minimum Gasteiger partial charge on any atom is -0.465 e. The molecular weight excluding hydrogens is 264 g/mol. The average molecular weight is 284 g/mol. The number of esters is 3. The van der Waals surface area contributed by atoms with Crippen molar-refractivity contribution in [2.75, 3.05) is 13.2 Å². The summed E-state index contributed by atoms with van der Waals surface area (Å²) in [7, 11) is 0. The van der Waals surface area contributed by atoms with Crippen molar-refractivity contribution in [3.05, 3.63) is 11.1 Å². The van der Waals surface area contributed by atoms with E-state index < -0.39 is 29.4 Å². The van der Waals surface area contributed by atoms with E-state index in [1.165, 1.54) is 6.92 Å². The van der Waals surface area contributed by atoms with Crippen molar-refractivity contribution in [2.45, 2.75) is 40.2 Å². The fraction of sp³-hybridized carbons (Fsp3) is 0.643. The number of ether oxygens (including phenoxy) is 3. The van der Waals surface area contributed by atoms with Crippen LogP contribution in [0.25, 0.3) is 0 Å². The van der Waals surface area contributed by atoms with Gasteiger partial charge in [-0.2, -0.15) is 0 Å². The predicted octanol–water partition coefficient (Wildman–Crippen LogP) is 1.38. The van der Waals surface area contributed by atoms with E-state index in [0.29, 0.717) is 5.57 Å². The van der Waals surface area contributed by atoms with E-state index in [4.69, 9.17) is 14.2 Å². The molecule has 0 spiro atoms. The minimum absolute atomic E-state index is 0.135. The van der Waals surface area contributed by atoms with Gasteiger partial charge in [-0.3, -0.25) is 9.59 Å². The summed E-state index contributed by atoms with van der Waals surface area (Å²) in [5.41, 5.74) is -0.480. The zero-order chi connectivity index (χ0) is 15.5. The van der Waals surface area contributed by atoms with Crippen LogP contribution in [-0.4, -0.2) is 36.7 Å². The van der Waals surface area contributed by atoms with Crippen molar-refractivity contribution in [3.8, 4) is 0 Å². The van der Waals surface area contributed by atoms with Gasteiger partial charge in [0.15, 0.2) is 5.92 Å². The van der Waals surface area contributed by atoms with Gasteiger partial charge in [-0.05, 0) is 34.6 Å². The maximum atomic E-state index is 12.1. The molecule has 0 aliphatic carbocycles. The van der Waals surface area contributed by atoms with Gasteiger partial charge >= 0.3 is 17.9 Å². The van der Waals surface area contributed by atoms with Crippen molar-refractivity contribution in [1.29, 1.82) is 0 Å². The summed E-state index contributed by atoms with van der Waals surface area (Å²) in [6, 6.07) is 0. The molecule has 0 radical (unpaired) electrons. The second-order valence-electron chi connectivity index (χ2n) is 4.88. The van der Waals surface area contributed by atoms with Gasteiger partial charge in [0.1, 0.15) is 5.60 Å². The summed E-state index contributed by atoms with van der Waals surface area (Å²) in [5, 5.41) is 0. The number of cyclic esters (lactones) is 1. The second kappa shape index (κ2) is 6.07. The van der Waals surface area contributed by atoms with Crippen LogP contribution in [0.1, 0.15) is 34.6 Å². The quantitative estimate of drug-likeness (QED) is 0.431. The average Bonchev–Trinajstić information content (AvgIpc) is 2.52. The molecule has 0 saturated heterocycles. The molecule has 112 valence electrons. The second-order valence-corrected chi connectivity index (χ2v) is 4.88. The van der Waals surface area contributed by atoms with Crippen LogP contribution in [0.3, 0.4) is 0 Å². The number of hydrogen-bond acceptors (Lipinski definition) is 6. The lowest BCUT2D eigenvalue weighted by Gasteiger charge is -2.25. The first-order valence-electron chi connectivity index (χ1n) is 6.54. The first kappa shape index (κ1) is 16.2. The highest BCUT2D eigenvalue weighted by molar-refractivity contribution is 6.03. The Hall–Kier alpha value is -1.85. The molecule has 0 aromatic carbocycles. The Morgan fingerprint density at radius 1 is 1.15 bits per heavy atom. The van der Waals surface area contributed by atoms with Crippen LogP contribution in [0.5, 0.6) is 0 Å². The first-order chi connectivity index (χ1) is 9.26. The Bertz CT molecular complexity index is 442. The molecule has 0 unspecified atom stereocenters. The Balaban J connectivity index is 3.26. The molecule has 1 aliphatic heterocycles. The lowest BCUT2D eigenvalue weighted by Crippen LogP contribution is -2.37. The lowest BCUT2D eigenvalue weighted by molar-refractivity contribution is -0.161. The predicted molar refractivity (Wildman–Crippen MR) is 69.6 cm³/mol. The maximum Gasteiger partial charge on any atom is 0.334 e. The molecule has 0 atom stereocenters. The first-order valence-corrected chi connectivity index (χ1v) is 6.54. The van der Waals surface area contributed by atoms with Gasteiger partial charge < -0.3 is 14.2 Å². The Labute approximate surface area is 118 Å². The highest BCUT2D eigenvalue weighted by Gasteiger charge is 2.48. The van der Waals surface area contributed by atoms with Gasteiger partial charge in [-0.15, -0.1) is 0 Å². The van der Waals surface area contributed by atoms with Crippen LogP contribution in [0.2, 0.25) is 0 Å². The topological polar surface area (TPSA) is 78.9 Å². The summed E-state index contributed by atoms with van der Waals surface area (Å²) in [6.07, 6.45) is 0. The molecule has 1 rings (SSSR count). The summed E-state index contributed by atoms with van der Waals surface area (Å²) >= 11 is 0. The normalized spacial score (nSPS) is 17.2. The number of carbonyl (C=O) groups excluding carboxylic acids is 3. The van der Waals surface area contributed by atoms with Crippen LogP contribution in [0.15, 0.2) is 11.1 Å². The standard InChI is InChI=1S/C14H20O6/c1-6-18-12(16)9(13(17)19-7-2)10-8(3)11(15)20-14(10,4)5/h9H,6-7H2,1-5H3. The SMILES string of the molecule is CCOC(=O)C(C(=O)OCC)C1=C(C)C(=O)OC1(C)C. The molecular formula is C14H20O6. The van der Waals surface area contributed by atoms with Crippen molar-refractivity contribution < 1.29 is 28.6 Å². The van der Waals surface area contributed by atoms with E-state index >= 15 is 0 Å². The number of rotatable bonds is 5. The van der Waals surface area contributed by atoms with E-state index in [1.807, 2.05) is 0 Å². The molecule has 6 nitrogen and oxygen atoms in total. The van der Waals surface area contributed by atoms with Gasteiger partial charge in [0.25, 0.3) is 0 Å². The smallest absolute Gasteiger partial charge is 0.334 e. The summed E-state index contributed by atoms with van der Waals surface area (Å²) in [5.74, 6) is -3.27. The van der Waals surface area contributed by atoms with Crippen LogP contribution in [0, 0.1) is 5.92 Å². The molecule has 1 heterocycles. The Kier molecular flexibility index (Phi) is 4.92. The molecule has 0 fully saturated rings. The van der Waals surface area contributed by atoms with Gasteiger partial charge in [0, 0.05) is 11.1 Å². The Morgan fingerprint density at radius 3 is 1.90 bits per heavy atom. The summed E-state index contributed by atoms with van der Waals surface area (Å²) in [6.45, 7) is 8.33. The van der Waals surface area contributed by atoms with Gasteiger partial charge in [-0.25, -0.2) is 4.79 Å². The van der Waals surface area contributed by atoms with Gasteiger partial charge in [-0.1, -0.05) is 0 Å². The summed E-state index contributed by atoms with van der Waals surface area (Å²) < 4.78 is 15.0. The third-order valence-electron chi connectivity index (χ3n) is 3.04. The Morgan fingerprint density at radius 2 is 1.60 bits per heavy atom. The fourth-order valence-corrected chi connectivity index (χ4v) is 2.27. The molecule has 0 amide bonds.